The van der Waals surface area contributed by atoms with Crippen LogP contribution in [0.5, 0.6) is 5.75 Å². The molecule has 1 saturated carbocycles. The van der Waals surface area contributed by atoms with Gasteiger partial charge in [0.25, 0.3) is 0 Å². The van der Waals surface area contributed by atoms with E-state index < -0.39 is 0 Å². The lowest BCUT2D eigenvalue weighted by atomic mass is 10.1. The average molecular weight is 219 g/mol. The van der Waals surface area contributed by atoms with Gasteiger partial charge in [0.1, 0.15) is 5.75 Å². The number of aryl methyl sites for hydroxylation is 1. The number of carbonyl (C=O) groups is 1. The minimum Gasteiger partial charge on any atom is -0.490 e. The first-order valence-electron chi connectivity index (χ1n) is 5.76. The Labute approximate surface area is 95.8 Å². The molecule has 86 valence electrons. The van der Waals surface area contributed by atoms with E-state index in [4.69, 9.17) is 4.74 Å². The summed E-state index contributed by atoms with van der Waals surface area (Å²) in [6, 6.07) is 5.85. The number of anilines is 1. The number of rotatable bonds is 4. The van der Waals surface area contributed by atoms with E-state index >= 15 is 0 Å². The summed E-state index contributed by atoms with van der Waals surface area (Å²) in [6.45, 7) is 3.61. The Balaban J connectivity index is 2.18. The molecule has 2 rings (SSSR count). The Morgan fingerprint density at radius 1 is 1.50 bits per heavy atom. The van der Waals surface area contributed by atoms with Crippen molar-refractivity contribution in [2.24, 2.45) is 0 Å². The largest absolute Gasteiger partial charge is 0.490 e. The lowest BCUT2D eigenvalue weighted by Gasteiger charge is -2.11. The second kappa shape index (κ2) is 4.56. The van der Waals surface area contributed by atoms with Crippen molar-refractivity contribution in [1.29, 1.82) is 0 Å². The summed E-state index contributed by atoms with van der Waals surface area (Å²) in [7, 11) is 0. The van der Waals surface area contributed by atoms with Crippen molar-refractivity contribution in [2.75, 3.05) is 5.32 Å². The van der Waals surface area contributed by atoms with Crippen molar-refractivity contribution in [1.82, 2.24) is 0 Å². The summed E-state index contributed by atoms with van der Waals surface area (Å²) in [6.07, 6.45) is 3.63. The molecule has 0 unspecified atom stereocenters. The van der Waals surface area contributed by atoms with Crippen molar-refractivity contribution < 1.29 is 9.53 Å². The zero-order valence-corrected chi connectivity index (χ0v) is 9.75. The van der Waals surface area contributed by atoms with Crippen LogP contribution in [0.15, 0.2) is 18.2 Å². The molecule has 0 spiro atoms. The molecule has 0 radical (unpaired) electrons. The minimum atomic E-state index is -0.0541. The van der Waals surface area contributed by atoms with Crippen LogP contribution in [-0.4, -0.2) is 12.0 Å². The summed E-state index contributed by atoms with van der Waals surface area (Å²) >= 11 is 0. The molecule has 0 aromatic heterocycles. The fourth-order valence-electron chi connectivity index (χ4n) is 1.60. The van der Waals surface area contributed by atoms with Gasteiger partial charge < -0.3 is 10.1 Å². The fraction of sp³-hybridized carbons (Fsp3) is 0.462. The van der Waals surface area contributed by atoms with Gasteiger partial charge >= 0.3 is 0 Å². The van der Waals surface area contributed by atoms with Crippen molar-refractivity contribution in [3.8, 4) is 5.75 Å². The van der Waals surface area contributed by atoms with Crippen LogP contribution < -0.4 is 10.1 Å². The molecule has 3 nitrogen and oxygen atoms in total. The first kappa shape index (κ1) is 11.0. The molecule has 0 atom stereocenters. The molecule has 1 aromatic rings. The summed E-state index contributed by atoms with van der Waals surface area (Å²) in [4.78, 5) is 11.0. The Morgan fingerprint density at radius 3 is 2.81 bits per heavy atom. The van der Waals surface area contributed by atoms with E-state index in [9.17, 15) is 4.79 Å². The second-order valence-electron chi connectivity index (χ2n) is 4.17. The third kappa shape index (κ3) is 2.75. The van der Waals surface area contributed by atoms with Crippen LogP contribution in [0, 0.1) is 0 Å². The summed E-state index contributed by atoms with van der Waals surface area (Å²) in [5.74, 6) is 0.859. The highest BCUT2D eigenvalue weighted by Gasteiger charge is 2.24. The first-order valence-corrected chi connectivity index (χ1v) is 5.76. The van der Waals surface area contributed by atoms with Gasteiger partial charge in [-0.1, -0.05) is 13.0 Å². The van der Waals surface area contributed by atoms with Gasteiger partial charge in [0, 0.05) is 18.7 Å². The molecule has 0 aliphatic heterocycles. The van der Waals surface area contributed by atoms with E-state index in [2.05, 4.69) is 12.2 Å². The van der Waals surface area contributed by atoms with Crippen LogP contribution in [0.4, 0.5) is 5.69 Å². The second-order valence-corrected chi connectivity index (χ2v) is 4.17. The molecule has 1 amide bonds. The highest BCUT2D eigenvalue weighted by Crippen LogP contribution is 2.31. The highest BCUT2D eigenvalue weighted by molar-refractivity contribution is 5.88. The van der Waals surface area contributed by atoms with Crippen LogP contribution in [0.2, 0.25) is 0 Å². The monoisotopic (exact) mass is 219 g/mol. The number of hydrogen-bond acceptors (Lipinski definition) is 2. The normalized spacial score (nSPS) is 14.6. The van der Waals surface area contributed by atoms with Gasteiger partial charge in [0.05, 0.1) is 6.10 Å². The zero-order valence-electron chi connectivity index (χ0n) is 9.75. The predicted octanol–water partition coefficient (Wildman–Crippen LogP) is 2.75. The fourth-order valence-corrected chi connectivity index (χ4v) is 1.60. The van der Waals surface area contributed by atoms with Crippen molar-refractivity contribution in [2.45, 2.75) is 39.2 Å². The van der Waals surface area contributed by atoms with Crippen LogP contribution in [0.3, 0.4) is 0 Å². The molecule has 1 aliphatic rings. The van der Waals surface area contributed by atoms with Crippen molar-refractivity contribution >= 4 is 11.6 Å². The predicted molar refractivity (Wildman–Crippen MR) is 63.8 cm³/mol. The molecular formula is C13H17NO2. The molecule has 0 bridgehead atoms. The SMILES string of the molecule is CCc1ccc(NC(C)=O)cc1OC1CC1. The van der Waals surface area contributed by atoms with E-state index in [0.717, 1.165) is 30.7 Å². The average Bonchev–Trinajstić information content (AvgIpc) is 3.01. The Bertz CT molecular complexity index is 397. The van der Waals surface area contributed by atoms with Gasteiger partial charge in [-0.3, -0.25) is 4.79 Å². The molecule has 3 heteroatoms. The van der Waals surface area contributed by atoms with E-state index in [1.165, 1.54) is 12.5 Å². The van der Waals surface area contributed by atoms with Crippen molar-refractivity contribution in [3.63, 3.8) is 0 Å². The number of carbonyl (C=O) groups excluding carboxylic acids is 1. The zero-order chi connectivity index (χ0) is 11.5. The number of nitrogens with one attached hydrogen (secondary N) is 1. The maximum absolute atomic E-state index is 11.0. The maximum Gasteiger partial charge on any atom is 0.221 e. The quantitative estimate of drug-likeness (QED) is 0.845. The molecule has 1 fully saturated rings. The molecule has 0 heterocycles. The Morgan fingerprint density at radius 2 is 2.25 bits per heavy atom. The lowest BCUT2D eigenvalue weighted by Crippen LogP contribution is -2.07. The van der Waals surface area contributed by atoms with Crippen LogP contribution in [0.1, 0.15) is 32.3 Å². The third-order valence-corrected chi connectivity index (χ3v) is 2.59. The van der Waals surface area contributed by atoms with Crippen LogP contribution in [0.25, 0.3) is 0 Å². The molecule has 1 N–H and O–H groups in total. The van der Waals surface area contributed by atoms with Gasteiger partial charge in [0.15, 0.2) is 0 Å². The van der Waals surface area contributed by atoms with E-state index in [1.54, 1.807) is 0 Å². The van der Waals surface area contributed by atoms with E-state index in [0.29, 0.717) is 6.10 Å². The topological polar surface area (TPSA) is 38.3 Å². The Kier molecular flexibility index (Phi) is 3.13. The molecule has 0 saturated heterocycles. The van der Waals surface area contributed by atoms with E-state index in [-0.39, 0.29) is 5.91 Å². The van der Waals surface area contributed by atoms with Gasteiger partial charge in [-0.15, -0.1) is 0 Å². The third-order valence-electron chi connectivity index (χ3n) is 2.59. The summed E-state index contributed by atoms with van der Waals surface area (Å²) < 4.78 is 5.82. The molecule has 1 aliphatic carbocycles. The smallest absolute Gasteiger partial charge is 0.221 e. The van der Waals surface area contributed by atoms with Gasteiger partial charge in [0.2, 0.25) is 5.91 Å². The molecule has 1 aromatic carbocycles. The van der Waals surface area contributed by atoms with Gasteiger partial charge in [-0.05, 0) is 30.9 Å². The van der Waals surface area contributed by atoms with Gasteiger partial charge in [-0.25, -0.2) is 0 Å². The highest BCUT2D eigenvalue weighted by atomic mass is 16.5. The molecular weight excluding hydrogens is 202 g/mol. The molecule has 16 heavy (non-hydrogen) atoms. The van der Waals surface area contributed by atoms with Gasteiger partial charge in [-0.2, -0.15) is 0 Å². The van der Waals surface area contributed by atoms with E-state index in [1.807, 2.05) is 18.2 Å². The number of amides is 1. The number of benzene rings is 1. The van der Waals surface area contributed by atoms with Crippen LogP contribution >= 0.6 is 0 Å². The summed E-state index contributed by atoms with van der Waals surface area (Å²) in [5.41, 5.74) is 2.00. The first-order chi connectivity index (χ1) is 7.69. The maximum atomic E-state index is 11.0. The standard InChI is InChI=1S/C13H17NO2/c1-3-10-4-5-11(14-9(2)15)8-13(10)16-12-6-7-12/h4-5,8,12H,3,6-7H2,1-2H3,(H,14,15). The number of ether oxygens (including phenoxy) is 1. The number of hydrogen-bond donors (Lipinski definition) is 1. The Hall–Kier alpha value is -1.51. The lowest BCUT2D eigenvalue weighted by molar-refractivity contribution is -0.114. The van der Waals surface area contributed by atoms with Crippen LogP contribution in [-0.2, 0) is 11.2 Å². The minimum absolute atomic E-state index is 0.0541. The van der Waals surface area contributed by atoms with Crippen molar-refractivity contribution in [3.05, 3.63) is 23.8 Å². The summed E-state index contributed by atoms with van der Waals surface area (Å²) in [5, 5.41) is 2.77.